The Morgan fingerprint density at radius 2 is 1.80 bits per heavy atom. The summed E-state index contributed by atoms with van der Waals surface area (Å²) in [7, 11) is 1.54. The standard InChI is InChI=1S/C16H18O4/c1-19-16-9-13(14(18)10-17)7-8-15(16)20-11-12-5-3-2-4-6-12/h2-9,14,17-18H,10-11H2,1H3/t14-/m1/s1. The smallest absolute Gasteiger partial charge is 0.161 e. The predicted octanol–water partition coefficient (Wildman–Crippen LogP) is 2.30. The van der Waals surface area contributed by atoms with E-state index < -0.39 is 6.10 Å². The second-order valence-electron chi connectivity index (χ2n) is 4.38. The van der Waals surface area contributed by atoms with Gasteiger partial charge in [-0.25, -0.2) is 0 Å². The van der Waals surface area contributed by atoms with Crippen LogP contribution < -0.4 is 9.47 Å². The van der Waals surface area contributed by atoms with Gasteiger partial charge in [-0.05, 0) is 23.3 Å². The molecule has 2 N–H and O–H groups in total. The lowest BCUT2D eigenvalue weighted by molar-refractivity contribution is 0.0953. The fourth-order valence-corrected chi connectivity index (χ4v) is 1.85. The first kappa shape index (κ1) is 14.4. The van der Waals surface area contributed by atoms with Crippen LogP contribution in [0.2, 0.25) is 0 Å². The minimum Gasteiger partial charge on any atom is -0.493 e. The number of aliphatic hydroxyl groups is 2. The van der Waals surface area contributed by atoms with Crippen LogP contribution in [0, 0.1) is 0 Å². The lowest BCUT2D eigenvalue weighted by Crippen LogP contribution is -2.04. The van der Waals surface area contributed by atoms with E-state index in [0.717, 1.165) is 5.56 Å². The SMILES string of the molecule is COc1cc([C@H](O)CO)ccc1OCc1ccccc1. The van der Waals surface area contributed by atoms with Crippen LogP contribution in [-0.4, -0.2) is 23.9 Å². The number of rotatable bonds is 6. The van der Waals surface area contributed by atoms with Gasteiger partial charge in [-0.3, -0.25) is 0 Å². The first-order valence-electron chi connectivity index (χ1n) is 6.38. The van der Waals surface area contributed by atoms with Gasteiger partial charge < -0.3 is 19.7 Å². The topological polar surface area (TPSA) is 58.9 Å². The number of benzene rings is 2. The minimum absolute atomic E-state index is 0.326. The number of methoxy groups -OCH3 is 1. The number of hydrogen-bond acceptors (Lipinski definition) is 4. The molecule has 0 spiro atoms. The summed E-state index contributed by atoms with van der Waals surface area (Å²) in [5.74, 6) is 1.14. The molecule has 2 aromatic rings. The maximum atomic E-state index is 9.60. The van der Waals surface area contributed by atoms with Gasteiger partial charge in [-0.2, -0.15) is 0 Å². The third-order valence-electron chi connectivity index (χ3n) is 2.98. The van der Waals surface area contributed by atoms with Crippen molar-refractivity contribution < 1.29 is 19.7 Å². The van der Waals surface area contributed by atoms with Crippen molar-refractivity contribution >= 4 is 0 Å². The molecule has 0 bridgehead atoms. The van der Waals surface area contributed by atoms with Crippen molar-refractivity contribution in [2.75, 3.05) is 13.7 Å². The van der Waals surface area contributed by atoms with E-state index in [1.165, 1.54) is 0 Å². The zero-order chi connectivity index (χ0) is 14.4. The average molecular weight is 274 g/mol. The zero-order valence-electron chi connectivity index (χ0n) is 11.3. The van der Waals surface area contributed by atoms with Gasteiger partial charge >= 0.3 is 0 Å². The molecule has 0 heterocycles. The van der Waals surface area contributed by atoms with Crippen molar-refractivity contribution in [3.8, 4) is 11.5 Å². The van der Waals surface area contributed by atoms with Crippen LogP contribution in [0.3, 0.4) is 0 Å². The monoisotopic (exact) mass is 274 g/mol. The Hall–Kier alpha value is -2.04. The van der Waals surface area contributed by atoms with E-state index in [9.17, 15) is 5.11 Å². The van der Waals surface area contributed by atoms with E-state index >= 15 is 0 Å². The molecule has 0 saturated heterocycles. The van der Waals surface area contributed by atoms with Crippen molar-refractivity contribution in [3.05, 3.63) is 59.7 Å². The van der Waals surface area contributed by atoms with Crippen molar-refractivity contribution in [1.29, 1.82) is 0 Å². The molecule has 0 radical (unpaired) electrons. The fourth-order valence-electron chi connectivity index (χ4n) is 1.85. The summed E-state index contributed by atoms with van der Waals surface area (Å²) < 4.78 is 11.0. The highest BCUT2D eigenvalue weighted by molar-refractivity contribution is 5.43. The lowest BCUT2D eigenvalue weighted by atomic mass is 10.1. The molecule has 4 heteroatoms. The third kappa shape index (κ3) is 3.50. The van der Waals surface area contributed by atoms with Crippen molar-refractivity contribution in [1.82, 2.24) is 0 Å². The summed E-state index contributed by atoms with van der Waals surface area (Å²) in [6.07, 6.45) is -0.910. The number of ether oxygens (including phenoxy) is 2. The zero-order valence-corrected chi connectivity index (χ0v) is 11.3. The van der Waals surface area contributed by atoms with Gasteiger partial charge in [-0.1, -0.05) is 36.4 Å². The minimum atomic E-state index is -0.910. The van der Waals surface area contributed by atoms with Gasteiger partial charge in [0.25, 0.3) is 0 Å². The normalized spacial score (nSPS) is 11.9. The van der Waals surface area contributed by atoms with E-state index in [2.05, 4.69) is 0 Å². The Labute approximate surface area is 118 Å². The van der Waals surface area contributed by atoms with Crippen molar-refractivity contribution in [3.63, 3.8) is 0 Å². The highest BCUT2D eigenvalue weighted by Crippen LogP contribution is 2.30. The van der Waals surface area contributed by atoms with Crippen LogP contribution in [0.25, 0.3) is 0 Å². The fraction of sp³-hybridized carbons (Fsp3) is 0.250. The van der Waals surface area contributed by atoms with Gasteiger partial charge in [-0.15, -0.1) is 0 Å². The van der Waals surface area contributed by atoms with E-state index in [4.69, 9.17) is 14.6 Å². The van der Waals surface area contributed by atoms with Crippen LogP contribution >= 0.6 is 0 Å². The highest BCUT2D eigenvalue weighted by atomic mass is 16.5. The number of aliphatic hydroxyl groups excluding tert-OH is 2. The van der Waals surface area contributed by atoms with Crippen molar-refractivity contribution in [2.45, 2.75) is 12.7 Å². The second-order valence-corrected chi connectivity index (χ2v) is 4.38. The molecule has 0 amide bonds. The van der Waals surface area contributed by atoms with E-state index in [-0.39, 0.29) is 6.61 Å². The van der Waals surface area contributed by atoms with E-state index in [0.29, 0.717) is 23.7 Å². The van der Waals surface area contributed by atoms with E-state index in [1.807, 2.05) is 30.3 Å². The van der Waals surface area contributed by atoms with Gasteiger partial charge in [0.2, 0.25) is 0 Å². The summed E-state index contributed by atoms with van der Waals surface area (Å²) in [6, 6.07) is 14.9. The summed E-state index contributed by atoms with van der Waals surface area (Å²) >= 11 is 0. The quantitative estimate of drug-likeness (QED) is 0.848. The largest absolute Gasteiger partial charge is 0.493 e. The molecule has 106 valence electrons. The van der Waals surface area contributed by atoms with E-state index in [1.54, 1.807) is 25.3 Å². The van der Waals surface area contributed by atoms with Crippen LogP contribution in [-0.2, 0) is 6.61 Å². The third-order valence-corrected chi connectivity index (χ3v) is 2.98. The molecule has 0 aliphatic rings. The van der Waals surface area contributed by atoms with Gasteiger partial charge in [0, 0.05) is 0 Å². The van der Waals surface area contributed by atoms with Crippen LogP contribution in [0.15, 0.2) is 48.5 Å². The Kier molecular flexibility index (Phi) is 4.98. The Bertz CT molecular complexity index is 539. The molecular weight excluding hydrogens is 256 g/mol. The van der Waals surface area contributed by atoms with Crippen LogP contribution in [0.1, 0.15) is 17.2 Å². The highest BCUT2D eigenvalue weighted by Gasteiger charge is 2.11. The molecule has 0 aromatic heterocycles. The lowest BCUT2D eigenvalue weighted by Gasteiger charge is -2.14. The Morgan fingerprint density at radius 3 is 2.45 bits per heavy atom. The first-order chi connectivity index (χ1) is 9.74. The molecule has 0 aliphatic heterocycles. The van der Waals surface area contributed by atoms with Gasteiger partial charge in [0.15, 0.2) is 11.5 Å². The van der Waals surface area contributed by atoms with Crippen LogP contribution in [0.5, 0.6) is 11.5 Å². The molecule has 0 saturated carbocycles. The summed E-state index contributed by atoms with van der Waals surface area (Å²) in [4.78, 5) is 0. The summed E-state index contributed by atoms with van der Waals surface area (Å²) in [5, 5.41) is 18.6. The molecule has 2 aromatic carbocycles. The predicted molar refractivity (Wildman–Crippen MR) is 75.8 cm³/mol. The molecule has 2 rings (SSSR count). The van der Waals surface area contributed by atoms with Gasteiger partial charge in [0.1, 0.15) is 12.7 Å². The molecule has 0 unspecified atom stereocenters. The Morgan fingerprint density at radius 1 is 1.05 bits per heavy atom. The Balaban J connectivity index is 2.11. The maximum Gasteiger partial charge on any atom is 0.161 e. The maximum absolute atomic E-state index is 9.60. The molecule has 1 atom stereocenters. The van der Waals surface area contributed by atoms with Crippen LogP contribution in [0.4, 0.5) is 0 Å². The van der Waals surface area contributed by atoms with Crippen molar-refractivity contribution in [2.24, 2.45) is 0 Å². The molecule has 0 aliphatic carbocycles. The summed E-state index contributed by atoms with van der Waals surface area (Å²) in [5.41, 5.74) is 1.66. The molecule has 20 heavy (non-hydrogen) atoms. The average Bonchev–Trinajstić information content (AvgIpc) is 2.53. The molecule has 0 fully saturated rings. The molecular formula is C16H18O4. The second kappa shape index (κ2) is 6.93. The molecule has 4 nitrogen and oxygen atoms in total. The number of hydrogen-bond donors (Lipinski definition) is 2. The summed E-state index contributed by atoms with van der Waals surface area (Å²) in [6.45, 7) is 0.118. The van der Waals surface area contributed by atoms with Gasteiger partial charge in [0.05, 0.1) is 13.7 Å². The first-order valence-corrected chi connectivity index (χ1v) is 6.38.